The molecule has 4 nitrogen and oxygen atoms in total. The van der Waals surface area contributed by atoms with Gasteiger partial charge in [-0.3, -0.25) is 15.3 Å². The maximum Gasteiger partial charge on any atom is 0.0854 e. The Labute approximate surface area is 143 Å². The van der Waals surface area contributed by atoms with Crippen molar-refractivity contribution < 1.29 is 4.84 Å². The zero-order valence-electron chi connectivity index (χ0n) is 14.0. The molecule has 0 saturated heterocycles. The highest BCUT2D eigenvalue weighted by molar-refractivity contribution is 5.73. The van der Waals surface area contributed by atoms with Gasteiger partial charge in [0.2, 0.25) is 0 Å². The van der Waals surface area contributed by atoms with Crippen LogP contribution in [0.15, 0.2) is 55.4 Å². The van der Waals surface area contributed by atoms with Gasteiger partial charge in [-0.1, -0.05) is 44.0 Å². The molecule has 0 unspecified atom stereocenters. The van der Waals surface area contributed by atoms with E-state index < -0.39 is 0 Å². The number of benzene rings is 1. The predicted octanol–water partition coefficient (Wildman–Crippen LogP) is 4.52. The van der Waals surface area contributed by atoms with E-state index in [0.717, 1.165) is 36.3 Å². The van der Waals surface area contributed by atoms with Crippen molar-refractivity contribution in [3.8, 4) is 0 Å². The Balaban J connectivity index is 1.59. The van der Waals surface area contributed by atoms with Crippen LogP contribution < -0.4 is 10.8 Å². The van der Waals surface area contributed by atoms with Gasteiger partial charge < -0.3 is 5.32 Å². The molecule has 0 aliphatic heterocycles. The van der Waals surface area contributed by atoms with Crippen LogP contribution in [0, 0.1) is 0 Å². The molecule has 0 bridgehead atoms. The van der Waals surface area contributed by atoms with Crippen LogP contribution in [0.4, 0.5) is 5.69 Å². The standard InChI is InChI=1S/C20H25N3O/c1-16(23-24-18-7-3-2-4-8-18)19-9-5-6-10-20(19)22-15-17-11-13-21-14-12-17/h5-6,9-14,18,22-23H,1-4,7-8,15H2. The Kier molecular flexibility index (Phi) is 5.85. The number of nitrogens with one attached hydrogen (secondary N) is 2. The monoisotopic (exact) mass is 323 g/mol. The Hall–Kier alpha value is -2.33. The van der Waals surface area contributed by atoms with E-state index in [9.17, 15) is 0 Å². The first-order valence-electron chi connectivity index (χ1n) is 8.65. The molecule has 1 aliphatic carbocycles. The number of pyridine rings is 1. The Morgan fingerprint density at radius 1 is 1.08 bits per heavy atom. The molecular weight excluding hydrogens is 298 g/mol. The van der Waals surface area contributed by atoms with Gasteiger partial charge in [-0.2, -0.15) is 0 Å². The normalized spacial score (nSPS) is 15.0. The van der Waals surface area contributed by atoms with Crippen LogP contribution >= 0.6 is 0 Å². The third-order valence-electron chi connectivity index (χ3n) is 4.39. The fourth-order valence-electron chi connectivity index (χ4n) is 2.99. The van der Waals surface area contributed by atoms with Gasteiger partial charge in [0, 0.05) is 30.2 Å². The number of para-hydroxylation sites is 1. The maximum atomic E-state index is 5.83. The summed E-state index contributed by atoms with van der Waals surface area (Å²) in [6.07, 6.45) is 9.99. The Morgan fingerprint density at radius 2 is 1.83 bits per heavy atom. The molecule has 1 aromatic heterocycles. The maximum absolute atomic E-state index is 5.83. The summed E-state index contributed by atoms with van der Waals surface area (Å²) in [6.45, 7) is 4.89. The van der Waals surface area contributed by atoms with E-state index in [1.165, 1.54) is 24.8 Å². The summed E-state index contributed by atoms with van der Waals surface area (Å²) < 4.78 is 0. The van der Waals surface area contributed by atoms with Crippen molar-refractivity contribution in [3.05, 3.63) is 66.5 Å². The summed E-state index contributed by atoms with van der Waals surface area (Å²) in [5, 5.41) is 3.46. The number of anilines is 1. The van der Waals surface area contributed by atoms with Gasteiger partial charge in [0.1, 0.15) is 0 Å². The van der Waals surface area contributed by atoms with Gasteiger partial charge in [0.05, 0.1) is 11.8 Å². The largest absolute Gasteiger partial charge is 0.380 e. The minimum atomic E-state index is 0.299. The van der Waals surface area contributed by atoms with E-state index in [2.05, 4.69) is 34.5 Å². The van der Waals surface area contributed by atoms with E-state index in [0.29, 0.717) is 6.10 Å². The summed E-state index contributed by atoms with van der Waals surface area (Å²) in [5.74, 6) is 0. The number of hydroxylamine groups is 1. The molecule has 0 radical (unpaired) electrons. The average Bonchev–Trinajstić information content (AvgIpc) is 2.66. The van der Waals surface area contributed by atoms with Gasteiger partial charge in [0.25, 0.3) is 0 Å². The van der Waals surface area contributed by atoms with Crippen molar-refractivity contribution in [1.29, 1.82) is 0 Å². The molecule has 0 amide bonds. The van der Waals surface area contributed by atoms with Crippen molar-refractivity contribution in [2.45, 2.75) is 44.8 Å². The van der Waals surface area contributed by atoms with Gasteiger partial charge in [-0.25, -0.2) is 0 Å². The van der Waals surface area contributed by atoms with Crippen LogP contribution in [0.3, 0.4) is 0 Å². The van der Waals surface area contributed by atoms with Crippen LogP contribution in [0.2, 0.25) is 0 Å². The molecule has 0 spiro atoms. The lowest BCUT2D eigenvalue weighted by atomic mass is 9.98. The molecule has 1 aliphatic rings. The predicted molar refractivity (Wildman–Crippen MR) is 98.1 cm³/mol. The number of rotatable bonds is 7. The topological polar surface area (TPSA) is 46.2 Å². The van der Waals surface area contributed by atoms with E-state index >= 15 is 0 Å². The van der Waals surface area contributed by atoms with E-state index in [4.69, 9.17) is 4.84 Å². The molecule has 0 atom stereocenters. The minimum absolute atomic E-state index is 0.299. The second-order valence-corrected chi connectivity index (χ2v) is 6.21. The quantitative estimate of drug-likeness (QED) is 0.736. The summed E-state index contributed by atoms with van der Waals surface area (Å²) in [4.78, 5) is 9.88. The van der Waals surface area contributed by atoms with Crippen molar-refractivity contribution in [3.63, 3.8) is 0 Å². The number of hydrogen-bond acceptors (Lipinski definition) is 4. The first-order valence-corrected chi connectivity index (χ1v) is 8.65. The molecule has 3 rings (SSSR count). The zero-order chi connectivity index (χ0) is 16.6. The second kappa shape index (κ2) is 8.50. The first kappa shape index (κ1) is 16.5. The molecular formula is C20H25N3O. The Morgan fingerprint density at radius 3 is 2.62 bits per heavy atom. The van der Waals surface area contributed by atoms with Crippen molar-refractivity contribution >= 4 is 11.4 Å². The molecule has 1 aromatic carbocycles. The van der Waals surface area contributed by atoms with E-state index in [1.807, 2.05) is 24.3 Å². The lowest BCUT2D eigenvalue weighted by Crippen LogP contribution is -2.25. The zero-order valence-corrected chi connectivity index (χ0v) is 14.0. The second-order valence-electron chi connectivity index (χ2n) is 6.21. The lowest BCUT2D eigenvalue weighted by Gasteiger charge is -2.23. The van der Waals surface area contributed by atoms with E-state index in [1.54, 1.807) is 12.4 Å². The first-order chi connectivity index (χ1) is 11.8. The molecule has 1 fully saturated rings. The van der Waals surface area contributed by atoms with Crippen LogP contribution in [0.5, 0.6) is 0 Å². The van der Waals surface area contributed by atoms with Crippen LogP contribution in [-0.2, 0) is 11.4 Å². The lowest BCUT2D eigenvalue weighted by molar-refractivity contribution is -0.0152. The molecule has 1 saturated carbocycles. The van der Waals surface area contributed by atoms with Gasteiger partial charge in [0.15, 0.2) is 0 Å². The third kappa shape index (κ3) is 4.59. The van der Waals surface area contributed by atoms with Crippen molar-refractivity contribution in [2.24, 2.45) is 0 Å². The van der Waals surface area contributed by atoms with Crippen LogP contribution in [0.25, 0.3) is 5.70 Å². The molecule has 2 aromatic rings. The molecule has 126 valence electrons. The number of nitrogens with zero attached hydrogens (tertiary/aromatic N) is 1. The highest BCUT2D eigenvalue weighted by Gasteiger charge is 2.15. The fourth-order valence-corrected chi connectivity index (χ4v) is 2.99. The highest BCUT2D eigenvalue weighted by Crippen LogP contribution is 2.24. The van der Waals surface area contributed by atoms with Gasteiger partial charge in [-0.15, -0.1) is 0 Å². The summed E-state index contributed by atoms with van der Waals surface area (Å²) >= 11 is 0. The van der Waals surface area contributed by atoms with Gasteiger partial charge in [-0.05, 0) is 36.6 Å². The summed E-state index contributed by atoms with van der Waals surface area (Å²) in [7, 11) is 0. The molecule has 24 heavy (non-hydrogen) atoms. The average molecular weight is 323 g/mol. The van der Waals surface area contributed by atoms with Crippen molar-refractivity contribution in [1.82, 2.24) is 10.5 Å². The highest BCUT2D eigenvalue weighted by atomic mass is 16.7. The van der Waals surface area contributed by atoms with Gasteiger partial charge >= 0.3 is 0 Å². The smallest absolute Gasteiger partial charge is 0.0854 e. The van der Waals surface area contributed by atoms with Crippen molar-refractivity contribution in [2.75, 3.05) is 5.32 Å². The molecule has 2 N–H and O–H groups in total. The van der Waals surface area contributed by atoms with E-state index in [-0.39, 0.29) is 0 Å². The summed E-state index contributed by atoms with van der Waals surface area (Å²) in [6, 6.07) is 12.2. The number of aromatic nitrogens is 1. The Bertz CT molecular complexity index is 651. The minimum Gasteiger partial charge on any atom is -0.380 e. The molecule has 1 heterocycles. The SMILES string of the molecule is C=C(NOC1CCCCC1)c1ccccc1NCc1ccncc1. The van der Waals surface area contributed by atoms with Crippen LogP contribution in [0.1, 0.15) is 43.2 Å². The molecule has 4 heteroatoms. The third-order valence-corrected chi connectivity index (χ3v) is 4.39. The van der Waals surface area contributed by atoms with Crippen LogP contribution in [-0.4, -0.2) is 11.1 Å². The summed E-state index contributed by atoms with van der Waals surface area (Å²) in [5.41, 5.74) is 7.12. The number of hydrogen-bond donors (Lipinski definition) is 2. The fraction of sp³-hybridized carbons (Fsp3) is 0.350.